The first-order chi connectivity index (χ1) is 20.8. The summed E-state index contributed by atoms with van der Waals surface area (Å²) in [5, 5.41) is 4.12. The van der Waals surface area contributed by atoms with Crippen LogP contribution in [0.3, 0.4) is 0 Å². The molecule has 10 heteroatoms. The van der Waals surface area contributed by atoms with Crippen LogP contribution in [0.5, 0.6) is 5.88 Å². The van der Waals surface area contributed by atoms with E-state index in [4.69, 9.17) is 9.26 Å². The number of likely N-dealkylation sites (N-methyl/N-ethyl adjacent to an activating group) is 1. The molecule has 230 valence electrons. The Morgan fingerprint density at radius 1 is 1.11 bits per heavy atom. The Kier molecular flexibility index (Phi) is 7.19. The molecule has 1 aromatic heterocycles. The van der Waals surface area contributed by atoms with Crippen molar-refractivity contribution < 1.29 is 36.8 Å². The van der Waals surface area contributed by atoms with Gasteiger partial charge in [-0.15, -0.1) is 0 Å². The van der Waals surface area contributed by atoms with Gasteiger partial charge in [0.1, 0.15) is 12.2 Å². The second-order valence-corrected chi connectivity index (χ2v) is 12.6. The number of halogens is 3. The monoisotopic (exact) mass is 606 g/mol. The zero-order valence-corrected chi connectivity index (χ0v) is 25.2. The minimum Gasteiger partial charge on any atom is -0.470 e. The molecule has 0 bridgehead atoms. The van der Waals surface area contributed by atoms with Crippen molar-refractivity contribution in [2.45, 2.75) is 52.3 Å². The van der Waals surface area contributed by atoms with Gasteiger partial charge < -0.3 is 14.2 Å². The van der Waals surface area contributed by atoms with Gasteiger partial charge in [0.25, 0.3) is 5.88 Å². The Bertz CT molecular complexity index is 1720. The molecule has 3 aliphatic rings. The molecule has 0 saturated heterocycles. The van der Waals surface area contributed by atoms with Gasteiger partial charge >= 0.3 is 6.18 Å². The number of ether oxygens (including phenoxy) is 1. The smallest absolute Gasteiger partial charge is 0.417 e. The van der Waals surface area contributed by atoms with Crippen molar-refractivity contribution in [3.05, 3.63) is 86.7 Å². The number of allylic oxidation sites excluding steroid dienone is 2. The molecule has 0 radical (unpaired) electrons. The van der Waals surface area contributed by atoms with Crippen LogP contribution in [0.1, 0.15) is 80.5 Å². The first kappa shape index (κ1) is 30.0. The molecule has 44 heavy (non-hydrogen) atoms. The molecule has 1 fully saturated rings. The number of benzene rings is 2. The van der Waals surface area contributed by atoms with Crippen LogP contribution in [-0.2, 0) is 24.0 Å². The number of aromatic nitrogens is 1. The molecule has 7 nitrogen and oxygen atoms in total. The standard InChI is InChI=1S/C34H33F3N2O5/c1-17-11-21(15-40)28(34(35,36)37)22-12-20-13-24-23(14-39(4)5)29-27(32(38-44-29)43-16-19-9-7-6-8-10-19)31(42)33(24,3)30(41)26(20)18(2)25(17)22/h6-11,15,20,23-24H,12-14,16H2,1-5H3. The van der Waals surface area contributed by atoms with Gasteiger partial charge in [-0.05, 0) is 98.6 Å². The molecule has 0 aliphatic heterocycles. The quantitative estimate of drug-likeness (QED) is 0.235. The molecular formula is C34H33F3N2O5. The summed E-state index contributed by atoms with van der Waals surface area (Å²) in [6.07, 6.45) is -4.28. The normalized spacial score (nSPS) is 24.5. The van der Waals surface area contributed by atoms with Crippen molar-refractivity contribution in [2.24, 2.45) is 17.3 Å². The molecule has 3 aliphatic carbocycles. The Morgan fingerprint density at radius 3 is 2.45 bits per heavy atom. The highest BCUT2D eigenvalue weighted by atomic mass is 19.4. The van der Waals surface area contributed by atoms with Crippen molar-refractivity contribution in [3.8, 4) is 5.88 Å². The van der Waals surface area contributed by atoms with Crippen molar-refractivity contribution in [1.82, 2.24) is 10.1 Å². The second-order valence-electron chi connectivity index (χ2n) is 12.6. The van der Waals surface area contributed by atoms with Crippen molar-refractivity contribution in [1.29, 1.82) is 0 Å². The van der Waals surface area contributed by atoms with E-state index < -0.39 is 46.3 Å². The van der Waals surface area contributed by atoms with Gasteiger partial charge in [-0.1, -0.05) is 30.3 Å². The minimum absolute atomic E-state index is 0.0268. The van der Waals surface area contributed by atoms with E-state index in [0.29, 0.717) is 41.0 Å². The van der Waals surface area contributed by atoms with Crippen LogP contribution in [0.15, 0.2) is 46.5 Å². The molecule has 0 N–H and O–H groups in total. The maximum absolute atomic E-state index is 14.7. The highest BCUT2D eigenvalue weighted by molar-refractivity contribution is 6.24. The zero-order valence-electron chi connectivity index (χ0n) is 25.2. The number of nitrogens with zero attached hydrogens (tertiary/aromatic N) is 2. The van der Waals surface area contributed by atoms with Crippen molar-refractivity contribution >= 4 is 23.4 Å². The van der Waals surface area contributed by atoms with Crippen LogP contribution >= 0.6 is 0 Å². The average Bonchev–Trinajstić information content (AvgIpc) is 3.39. The Hall–Kier alpha value is -4.05. The molecule has 0 spiro atoms. The number of hydrogen-bond donors (Lipinski definition) is 0. The SMILES string of the molecule is CC1=C2C(=O)C3(C)C(=O)c4c(OCc5ccccc5)noc4C(CN(C)C)C3CC2Cc2c1c(C)cc(C=O)c2C(F)(F)F. The van der Waals surface area contributed by atoms with Gasteiger partial charge in [0.05, 0.1) is 11.0 Å². The molecule has 4 unspecified atom stereocenters. The van der Waals surface area contributed by atoms with Gasteiger partial charge in [0.2, 0.25) is 0 Å². The predicted octanol–water partition coefficient (Wildman–Crippen LogP) is 6.48. The lowest BCUT2D eigenvalue weighted by atomic mass is 9.50. The molecule has 4 atom stereocenters. The third kappa shape index (κ3) is 4.45. The highest BCUT2D eigenvalue weighted by Crippen LogP contribution is 2.59. The summed E-state index contributed by atoms with van der Waals surface area (Å²) >= 11 is 0. The Labute approximate surface area is 253 Å². The van der Waals surface area contributed by atoms with E-state index in [-0.39, 0.29) is 42.1 Å². The molecule has 0 amide bonds. The van der Waals surface area contributed by atoms with Crippen LogP contribution in [0, 0.1) is 24.2 Å². The van der Waals surface area contributed by atoms with Gasteiger partial charge in [0, 0.05) is 23.6 Å². The largest absolute Gasteiger partial charge is 0.470 e. The first-order valence-electron chi connectivity index (χ1n) is 14.6. The Morgan fingerprint density at radius 2 is 1.82 bits per heavy atom. The molecule has 6 rings (SSSR count). The summed E-state index contributed by atoms with van der Waals surface area (Å²) < 4.78 is 54.9. The summed E-state index contributed by atoms with van der Waals surface area (Å²) in [5.41, 5.74) is -0.190. The zero-order chi connectivity index (χ0) is 31.7. The number of rotatable bonds is 6. The van der Waals surface area contributed by atoms with Crippen LogP contribution in [0.4, 0.5) is 13.2 Å². The first-order valence-corrected chi connectivity index (χ1v) is 14.6. The van der Waals surface area contributed by atoms with E-state index in [1.165, 1.54) is 6.07 Å². The van der Waals surface area contributed by atoms with Crippen LogP contribution in [0.2, 0.25) is 0 Å². The maximum atomic E-state index is 14.7. The molecule has 1 heterocycles. The van der Waals surface area contributed by atoms with Gasteiger partial charge in [-0.3, -0.25) is 14.4 Å². The molecule has 2 aromatic carbocycles. The number of Topliss-reactive ketones (excluding diaryl/α,β-unsaturated/α-hetero) is 2. The summed E-state index contributed by atoms with van der Waals surface area (Å²) in [6.45, 7) is 5.51. The fraction of sp³-hybridized carbons (Fsp3) is 0.412. The van der Waals surface area contributed by atoms with E-state index in [1.807, 2.05) is 49.3 Å². The summed E-state index contributed by atoms with van der Waals surface area (Å²) in [7, 11) is 3.74. The predicted molar refractivity (Wildman–Crippen MR) is 155 cm³/mol. The van der Waals surface area contributed by atoms with Gasteiger partial charge in [-0.2, -0.15) is 13.2 Å². The van der Waals surface area contributed by atoms with Crippen molar-refractivity contribution in [3.63, 3.8) is 0 Å². The maximum Gasteiger partial charge on any atom is 0.417 e. The summed E-state index contributed by atoms with van der Waals surface area (Å²) in [6, 6.07) is 10.6. The van der Waals surface area contributed by atoms with Crippen molar-refractivity contribution in [2.75, 3.05) is 20.6 Å². The topological polar surface area (TPSA) is 89.7 Å². The fourth-order valence-electron chi connectivity index (χ4n) is 7.86. The lowest BCUT2D eigenvalue weighted by Gasteiger charge is -2.50. The number of aryl methyl sites for hydroxylation is 1. The molecular weight excluding hydrogens is 573 g/mol. The van der Waals surface area contributed by atoms with Gasteiger partial charge in [-0.25, -0.2) is 0 Å². The number of fused-ring (bicyclic) bond motifs is 4. The second kappa shape index (κ2) is 10.5. The summed E-state index contributed by atoms with van der Waals surface area (Å²) in [4.78, 5) is 42.8. The highest BCUT2D eigenvalue weighted by Gasteiger charge is 2.62. The van der Waals surface area contributed by atoms with Gasteiger partial charge in [0.15, 0.2) is 23.6 Å². The lowest BCUT2D eigenvalue weighted by Crippen LogP contribution is -2.55. The van der Waals surface area contributed by atoms with Crippen LogP contribution < -0.4 is 4.74 Å². The molecule has 3 aromatic rings. The van der Waals surface area contributed by atoms with E-state index in [0.717, 1.165) is 5.56 Å². The molecule has 1 saturated carbocycles. The van der Waals surface area contributed by atoms with E-state index in [2.05, 4.69) is 5.16 Å². The lowest BCUT2D eigenvalue weighted by molar-refractivity contribution is -0.138. The number of carbonyl (C=O) groups is 3. The number of carbonyl (C=O) groups excluding carboxylic acids is 3. The number of hydrogen-bond acceptors (Lipinski definition) is 7. The van der Waals surface area contributed by atoms with E-state index in [1.54, 1.807) is 20.8 Å². The number of aldehydes is 1. The Balaban J connectivity index is 1.49. The number of ketones is 2. The third-order valence-corrected chi connectivity index (χ3v) is 9.69. The summed E-state index contributed by atoms with van der Waals surface area (Å²) in [5.74, 6) is -2.04. The fourth-order valence-corrected chi connectivity index (χ4v) is 7.86. The number of alkyl halides is 3. The van der Waals surface area contributed by atoms with E-state index in [9.17, 15) is 27.6 Å². The average molecular weight is 607 g/mol. The minimum atomic E-state index is -4.75. The van der Waals surface area contributed by atoms with Crippen LogP contribution in [0.25, 0.3) is 5.57 Å². The van der Waals surface area contributed by atoms with E-state index >= 15 is 0 Å². The van der Waals surface area contributed by atoms with Crippen LogP contribution in [-0.4, -0.2) is 48.5 Å². The third-order valence-electron chi connectivity index (χ3n) is 9.69.